The number of benzene rings is 1. The second kappa shape index (κ2) is 7.40. The molecule has 1 aromatic carbocycles. The van der Waals surface area contributed by atoms with Gasteiger partial charge in [0.25, 0.3) is 0 Å². The van der Waals surface area contributed by atoms with Crippen molar-refractivity contribution in [2.45, 2.75) is 5.50 Å². The lowest BCUT2D eigenvalue weighted by molar-refractivity contribution is 0.414. The van der Waals surface area contributed by atoms with Crippen molar-refractivity contribution >= 4 is 40.8 Å². The summed E-state index contributed by atoms with van der Waals surface area (Å²) in [6.45, 7) is 0. The molecule has 1 aliphatic rings. The summed E-state index contributed by atoms with van der Waals surface area (Å²) in [6.07, 6.45) is 7.26. The Morgan fingerprint density at radius 2 is 2.20 bits per heavy atom. The van der Waals surface area contributed by atoms with Crippen LogP contribution in [0.2, 0.25) is 0 Å². The Morgan fingerprint density at radius 3 is 2.96 bits per heavy atom. The van der Waals surface area contributed by atoms with E-state index in [1.54, 1.807) is 26.6 Å². The predicted molar refractivity (Wildman–Crippen MR) is 105 cm³/mol. The van der Waals surface area contributed by atoms with Crippen LogP contribution in [0.4, 0.5) is 5.69 Å². The Kier molecular flexibility index (Phi) is 5.05. The van der Waals surface area contributed by atoms with Gasteiger partial charge in [-0.1, -0.05) is 23.7 Å². The van der Waals surface area contributed by atoms with E-state index in [0.29, 0.717) is 5.70 Å². The molecule has 0 saturated heterocycles. The number of halogens is 1. The summed E-state index contributed by atoms with van der Waals surface area (Å²) < 4.78 is 5.28. The van der Waals surface area contributed by atoms with Gasteiger partial charge >= 0.3 is 0 Å². The number of nitrogens with two attached hydrogens (primary N) is 1. The third-order valence-electron chi connectivity index (χ3n) is 3.88. The largest absolute Gasteiger partial charge is 0.497 e. The van der Waals surface area contributed by atoms with Crippen molar-refractivity contribution in [3.8, 4) is 5.75 Å². The summed E-state index contributed by atoms with van der Waals surface area (Å²) in [4.78, 5) is 8.63. The van der Waals surface area contributed by atoms with Crippen molar-refractivity contribution in [1.29, 1.82) is 0 Å². The maximum Gasteiger partial charge on any atom is 0.120 e. The third-order valence-corrected chi connectivity index (χ3v) is 4.13. The average Bonchev–Trinajstić information content (AvgIpc) is 2.65. The molecule has 6 heteroatoms. The molecule has 0 radical (unpaired) electrons. The third kappa shape index (κ3) is 3.67. The number of nitrogens with zero attached hydrogens (tertiary/aromatic N) is 2. The number of methoxy groups -OCH3 is 1. The molecule has 5 nitrogen and oxygen atoms in total. The number of aliphatic imine (C=N–C) groups is 1. The number of alkyl halides is 1. The predicted octanol–water partition coefficient (Wildman–Crippen LogP) is 3.62. The number of aromatic nitrogens is 1. The molecule has 1 aromatic heterocycles. The molecule has 1 unspecified atom stereocenters. The molecule has 2 aromatic rings. The summed E-state index contributed by atoms with van der Waals surface area (Å²) in [5.74, 6) is 0.744. The van der Waals surface area contributed by atoms with E-state index >= 15 is 0 Å². The summed E-state index contributed by atoms with van der Waals surface area (Å²) in [6, 6.07) is 9.58. The molecular formula is C19H19ClN4O. The van der Waals surface area contributed by atoms with E-state index in [9.17, 15) is 0 Å². The van der Waals surface area contributed by atoms with Crippen LogP contribution in [0.3, 0.4) is 0 Å². The van der Waals surface area contributed by atoms with Crippen molar-refractivity contribution in [2.75, 3.05) is 19.5 Å². The van der Waals surface area contributed by atoms with Gasteiger partial charge in [-0.15, -0.1) is 0 Å². The van der Waals surface area contributed by atoms with Crippen LogP contribution in [-0.4, -0.2) is 30.9 Å². The minimum atomic E-state index is -0.257. The highest BCUT2D eigenvalue weighted by atomic mass is 35.5. The molecular weight excluding hydrogens is 336 g/mol. The van der Waals surface area contributed by atoms with Gasteiger partial charge in [-0.05, 0) is 30.4 Å². The van der Waals surface area contributed by atoms with Crippen LogP contribution in [-0.2, 0) is 0 Å². The first-order chi connectivity index (χ1) is 12.1. The number of anilines is 1. The second-order valence-electron chi connectivity index (χ2n) is 5.51. The molecule has 0 aliphatic carbocycles. The zero-order valence-corrected chi connectivity index (χ0v) is 14.8. The molecule has 128 valence electrons. The molecule has 0 saturated carbocycles. The lowest BCUT2D eigenvalue weighted by Gasteiger charge is -2.18. The quantitative estimate of drug-likeness (QED) is 0.499. The zero-order valence-electron chi connectivity index (χ0n) is 14.0. The van der Waals surface area contributed by atoms with Crippen LogP contribution in [0, 0.1) is 0 Å². The summed E-state index contributed by atoms with van der Waals surface area (Å²) >= 11 is 6.13. The Bertz CT molecular complexity index is 873. The number of pyridine rings is 1. The number of hydrogen-bond acceptors (Lipinski definition) is 5. The molecule has 0 fully saturated rings. The Hall–Kier alpha value is -2.79. The standard InChI is InChI=1S/C19H19ClN4O/c1-22-11-15(19(21)12-4-3-5-14(8-12)25-2)13-9-17-16(23-10-13)6-7-18(20)24-17/h3-11,18,24H,21H2,1-2H3. The molecule has 3 rings (SSSR count). The summed E-state index contributed by atoms with van der Waals surface area (Å²) in [7, 11) is 3.34. The van der Waals surface area contributed by atoms with Crippen molar-refractivity contribution in [2.24, 2.45) is 10.7 Å². The molecule has 3 N–H and O–H groups in total. The summed E-state index contributed by atoms with van der Waals surface area (Å²) in [5, 5.41) is 3.18. The lowest BCUT2D eigenvalue weighted by Crippen LogP contribution is -2.14. The highest BCUT2D eigenvalue weighted by molar-refractivity contribution is 6.23. The number of allylic oxidation sites excluding steroid dienone is 1. The molecule has 25 heavy (non-hydrogen) atoms. The molecule has 1 atom stereocenters. The SMILES string of the molecule is CN=CC(=C(N)c1cccc(OC)c1)c1cnc2c(c1)NC(Cl)C=C2. The van der Waals surface area contributed by atoms with Gasteiger partial charge in [-0.2, -0.15) is 0 Å². The number of nitrogens with one attached hydrogen (secondary N) is 1. The number of fused-ring (bicyclic) bond motifs is 1. The first kappa shape index (κ1) is 17.0. The topological polar surface area (TPSA) is 72.5 Å². The number of ether oxygens (including phenoxy) is 1. The van der Waals surface area contributed by atoms with Crippen LogP contribution in [0.5, 0.6) is 5.75 Å². The van der Waals surface area contributed by atoms with Gasteiger partial charge in [-0.25, -0.2) is 0 Å². The fraction of sp³-hybridized carbons (Fsp3) is 0.158. The van der Waals surface area contributed by atoms with Crippen LogP contribution in [0.25, 0.3) is 17.3 Å². The van der Waals surface area contributed by atoms with Gasteiger partial charge in [-0.3, -0.25) is 9.98 Å². The van der Waals surface area contributed by atoms with Crippen LogP contribution in [0.1, 0.15) is 16.8 Å². The van der Waals surface area contributed by atoms with Gasteiger partial charge in [0.15, 0.2) is 0 Å². The van der Waals surface area contributed by atoms with E-state index in [1.807, 2.05) is 42.5 Å². The Labute approximate surface area is 151 Å². The van der Waals surface area contributed by atoms with Gasteiger partial charge < -0.3 is 15.8 Å². The van der Waals surface area contributed by atoms with E-state index in [4.69, 9.17) is 22.1 Å². The van der Waals surface area contributed by atoms with Crippen LogP contribution < -0.4 is 15.8 Å². The zero-order chi connectivity index (χ0) is 17.8. The van der Waals surface area contributed by atoms with E-state index in [1.165, 1.54) is 0 Å². The molecule has 0 amide bonds. The smallest absolute Gasteiger partial charge is 0.120 e. The van der Waals surface area contributed by atoms with Crippen molar-refractivity contribution in [3.05, 3.63) is 59.4 Å². The van der Waals surface area contributed by atoms with Gasteiger partial charge in [0.05, 0.1) is 18.5 Å². The Morgan fingerprint density at radius 1 is 1.36 bits per heavy atom. The fourth-order valence-electron chi connectivity index (χ4n) is 2.62. The van der Waals surface area contributed by atoms with Gasteiger partial charge in [0.1, 0.15) is 11.3 Å². The van der Waals surface area contributed by atoms with Gasteiger partial charge in [0, 0.05) is 41.9 Å². The second-order valence-corrected chi connectivity index (χ2v) is 5.98. The average molecular weight is 355 g/mol. The van der Waals surface area contributed by atoms with E-state index in [0.717, 1.165) is 33.8 Å². The minimum Gasteiger partial charge on any atom is -0.497 e. The highest BCUT2D eigenvalue weighted by Crippen LogP contribution is 2.29. The van der Waals surface area contributed by atoms with Gasteiger partial charge in [0.2, 0.25) is 0 Å². The normalized spacial score (nSPS) is 17.0. The number of hydrogen-bond donors (Lipinski definition) is 2. The molecule has 0 spiro atoms. The maximum atomic E-state index is 6.43. The Balaban J connectivity index is 2.09. The van der Waals surface area contributed by atoms with E-state index < -0.39 is 0 Å². The first-order valence-corrected chi connectivity index (χ1v) is 8.21. The fourth-order valence-corrected chi connectivity index (χ4v) is 2.81. The van der Waals surface area contributed by atoms with E-state index in [2.05, 4.69) is 15.3 Å². The first-order valence-electron chi connectivity index (χ1n) is 7.78. The van der Waals surface area contributed by atoms with E-state index in [-0.39, 0.29) is 5.50 Å². The molecule has 2 heterocycles. The van der Waals surface area contributed by atoms with Crippen LogP contribution >= 0.6 is 11.6 Å². The lowest BCUT2D eigenvalue weighted by atomic mass is 10.0. The van der Waals surface area contributed by atoms with Crippen molar-refractivity contribution in [3.63, 3.8) is 0 Å². The number of rotatable bonds is 4. The minimum absolute atomic E-state index is 0.257. The van der Waals surface area contributed by atoms with Crippen molar-refractivity contribution in [1.82, 2.24) is 4.98 Å². The molecule has 1 aliphatic heterocycles. The highest BCUT2D eigenvalue weighted by Gasteiger charge is 2.14. The monoisotopic (exact) mass is 354 g/mol. The van der Waals surface area contributed by atoms with Crippen LogP contribution in [0.15, 0.2) is 47.6 Å². The maximum absolute atomic E-state index is 6.43. The summed E-state index contributed by atoms with van der Waals surface area (Å²) in [5.41, 5.74) is 11.0. The van der Waals surface area contributed by atoms with Crippen molar-refractivity contribution < 1.29 is 4.74 Å². The molecule has 0 bridgehead atoms.